The van der Waals surface area contributed by atoms with E-state index >= 15 is 0 Å². The molecule has 0 aliphatic carbocycles. The number of hydrogen-bond acceptors (Lipinski definition) is 4. The summed E-state index contributed by atoms with van der Waals surface area (Å²) < 4.78 is 5.65. The number of rotatable bonds is 5. The number of nitrogens with zero attached hydrogens (tertiary/aromatic N) is 1. The number of hydrogen-bond donors (Lipinski definition) is 2. The number of nitrogens with one attached hydrogen (secondary N) is 1. The summed E-state index contributed by atoms with van der Waals surface area (Å²) in [4.78, 5) is 4.65. The third kappa shape index (κ3) is 2.87. The summed E-state index contributed by atoms with van der Waals surface area (Å²) in [7, 11) is 0. The first-order valence-electron chi connectivity index (χ1n) is 7.37. The van der Waals surface area contributed by atoms with E-state index in [1.807, 2.05) is 43.3 Å². The van der Waals surface area contributed by atoms with E-state index in [1.165, 1.54) is 5.56 Å². The molecule has 0 fully saturated rings. The Kier molecular flexibility index (Phi) is 4.21. The molecule has 0 radical (unpaired) electrons. The normalized spacial score (nSPS) is 10.6. The van der Waals surface area contributed by atoms with E-state index < -0.39 is 0 Å². The number of pyridine rings is 1. The van der Waals surface area contributed by atoms with Crippen LogP contribution in [-0.4, -0.2) is 11.6 Å². The van der Waals surface area contributed by atoms with Crippen molar-refractivity contribution in [1.29, 1.82) is 0 Å². The van der Waals surface area contributed by atoms with Gasteiger partial charge in [-0.25, -0.2) is 10.8 Å². The molecule has 1 heterocycles. The monoisotopic (exact) mass is 293 g/mol. The molecular formula is C18H19N3O. The number of ether oxygens (including phenoxy) is 1. The van der Waals surface area contributed by atoms with Crippen molar-refractivity contribution >= 4 is 16.7 Å². The van der Waals surface area contributed by atoms with E-state index in [1.54, 1.807) is 0 Å². The standard InChI is InChI=1S/C18H19N3O/c1-2-22-16-10-6-9-14-12-15(18(21-19)20-17(14)16)11-13-7-4-3-5-8-13/h3-10,12H,2,11,19H2,1H3,(H,20,21). The molecule has 4 heteroatoms. The zero-order valence-electron chi connectivity index (χ0n) is 12.5. The molecule has 112 valence electrons. The van der Waals surface area contributed by atoms with Gasteiger partial charge in [-0.3, -0.25) is 0 Å². The fourth-order valence-corrected chi connectivity index (χ4v) is 2.56. The Labute approximate surface area is 129 Å². The maximum absolute atomic E-state index is 5.67. The van der Waals surface area contributed by atoms with E-state index in [4.69, 9.17) is 10.6 Å². The fraction of sp³-hybridized carbons (Fsp3) is 0.167. The maximum atomic E-state index is 5.67. The molecule has 0 unspecified atom stereocenters. The van der Waals surface area contributed by atoms with Gasteiger partial charge < -0.3 is 10.2 Å². The smallest absolute Gasteiger partial charge is 0.145 e. The van der Waals surface area contributed by atoms with Crippen LogP contribution in [0.25, 0.3) is 10.9 Å². The van der Waals surface area contributed by atoms with Gasteiger partial charge in [-0.15, -0.1) is 0 Å². The van der Waals surface area contributed by atoms with Crippen LogP contribution in [0, 0.1) is 0 Å². The van der Waals surface area contributed by atoms with Crippen molar-refractivity contribution in [2.75, 3.05) is 12.0 Å². The summed E-state index contributed by atoms with van der Waals surface area (Å²) in [5.74, 6) is 7.13. The molecule has 1 aromatic heterocycles. The molecule has 3 aromatic rings. The number of nitrogens with two attached hydrogens (primary N) is 1. The average molecular weight is 293 g/mol. The van der Waals surface area contributed by atoms with Crippen LogP contribution in [0.1, 0.15) is 18.1 Å². The van der Waals surface area contributed by atoms with Crippen LogP contribution in [0.3, 0.4) is 0 Å². The van der Waals surface area contributed by atoms with Gasteiger partial charge in [0.05, 0.1) is 6.61 Å². The summed E-state index contributed by atoms with van der Waals surface area (Å²) >= 11 is 0. The first kappa shape index (κ1) is 14.4. The summed E-state index contributed by atoms with van der Waals surface area (Å²) in [6.07, 6.45) is 0.780. The first-order valence-corrected chi connectivity index (χ1v) is 7.37. The number of anilines is 1. The topological polar surface area (TPSA) is 60.2 Å². The molecule has 0 saturated carbocycles. The van der Waals surface area contributed by atoms with E-state index in [2.05, 4.69) is 28.6 Å². The minimum absolute atomic E-state index is 0.609. The Morgan fingerprint density at radius 1 is 1.09 bits per heavy atom. The van der Waals surface area contributed by atoms with E-state index in [0.717, 1.165) is 28.6 Å². The van der Waals surface area contributed by atoms with Gasteiger partial charge in [0.25, 0.3) is 0 Å². The molecule has 4 nitrogen and oxygen atoms in total. The van der Waals surface area contributed by atoms with Crippen molar-refractivity contribution < 1.29 is 4.74 Å². The van der Waals surface area contributed by atoms with Crippen LogP contribution in [-0.2, 0) is 6.42 Å². The second-order valence-corrected chi connectivity index (χ2v) is 5.06. The highest BCUT2D eigenvalue weighted by molar-refractivity contribution is 5.87. The summed E-state index contributed by atoms with van der Waals surface area (Å²) in [6, 6.07) is 18.3. The van der Waals surface area contributed by atoms with Gasteiger partial charge in [-0.1, -0.05) is 42.5 Å². The average Bonchev–Trinajstić information content (AvgIpc) is 2.56. The van der Waals surface area contributed by atoms with Crippen LogP contribution in [0.5, 0.6) is 5.75 Å². The van der Waals surface area contributed by atoms with Crippen molar-refractivity contribution in [3.8, 4) is 5.75 Å². The van der Waals surface area contributed by atoms with Gasteiger partial charge >= 0.3 is 0 Å². The van der Waals surface area contributed by atoms with Crippen LogP contribution < -0.4 is 16.0 Å². The second kappa shape index (κ2) is 6.45. The Hall–Kier alpha value is -2.59. The van der Waals surface area contributed by atoms with Gasteiger partial charge in [0.1, 0.15) is 17.1 Å². The number of fused-ring (bicyclic) bond motifs is 1. The van der Waals surface area contributed by atoms with Crippen molar-refractivity contribution in [1.82, 2.24) is 4.98 Å². The minimum atomic E-state index is 0.609. The van der Waals surface area contributed by atoms with Crippen LogP contribution in [0.15, 0.2) is 54.6 Å². The molecular weight excluding hydrogens is 274 g/mol. The third-order valence-corrected chi connectivity index (χ3v) is 3.56. The van der Waals surface area contributed by atoms with Gasteiger partial charge in [0.15, 0.2) is 0 Å². The van der Waals surface area contributed by atoms with E-state index in [-0.39, 0.29) is 0 Å². The highest BCUT2D eigenvalue weighted by Gasteiger charge is 2.10. The molecule has 0 amide bonds. The van der Waals surface area contributed by atoms with Gasteiger partial charge in [-0.2, -0.15) is 0 Å². The SMILES string of the molecule is CCOc1cccc2cc(Cc3ccccc3)c(NN)nc12. The van der Waals surface area contributed by atoms with Crippen LogP contribution in [0.2, 0.25) is 0 Å². The Morgan fingerprint density at radius 2 is 1.91 bits per heavy atom. The molecule has 22 heavy (non-hydrogen) atoms. The quantitative estimate of drug-likeness (QED) is 0.558. The van der Waals surface area contributed by atoms with Crippen molar-refractivity contribution in [2.24, 2.45) is 5.84 Å². The van der Waals surface area contributed by atoms with Gasteiger partial charge in [0, 0.05) is 17.4 Å². The van der Waals surface area contributed by atoms with Crippen LogP contribution in [0.4, 0.5) is 5.82 Å². The van der Waals surface area contributed by atoms with Crippen LogP contribution >= 0.6 is 0 Å². The zero-order valence-corrected chi connectivity index (χ0v) is 12.5. The predicted molar refractivity (Wildman–Crippen MR) is 90.0 cm³/mol. The van der Waals surface area contributed by atoms with Crippen molar-refractivity contribution in [2.45, 2.75) is 13.3 Å². The second-order valence-electron chi connectivity index (χ2n) is 5.06. The minimum Gasteiger partial charge on any atom is -0.492 e. The highest BCUT2D eigenvalue weighted by Crippen LogP contribution is 2.28. The number of benzene rings is 2. The highest BCUT2D eigenvalue weighted by atomic mass is 16.5. The molecule has 0 aliphatic rings. The van der Waals surface area contributed by atoms with Crippen molar-refractivity contribution in [3.63, 3.8) is 0 Å². The zero-order chi connectivity index (χ0) is 15.4. The summed E-state index contributed by atoms with van der Waals surface area (Å²) in [6.45, 7) is 2.57. The third-order valence-electron chi connectivity index (χ3n) is 3.56. The van der Waals surface area contributed by atoms with Gasteiger partial charge in [-0.05, 0) is 24.6 Å². The summed E-state index contributed by atoms with van der Waals surface area (Å²) in [5, 5.41) is 1.05. The van der Waals surface area contributed by atoms with Crippen molar-refractivity contribution in [3.05, 3.63) is 65.7 Å². The predicted octanol–water partition coefficient (Wildman–Crippen LogP) is 3.51. The molecule has 0 aliphatic heterocycles. The number of aromatic nitrogens is 1. The number of nitrogen functional groups attached to an aromatic ring is 1. The molecule has 3 N–H and O–H groups in total. The summed E-state index contributed by atoms with van der Waals surface area (Å²) in [5.41, 5.74) is 5.83. The molecule has 0 saturated heterocycles. The fourth-order valence-electron chi connectivity index (χ4n) is 2.56. The lowest BCUT2D eigenvalue weighted by Crippen LogP contribution is -2.12. The van der Waals surface area contributed by atoms with Gasteiger partial charge in [0.2, 0.25) is 0 Å². The molecule has 3 rings (SSSR count). The lowest BCUT2D eigenvalue weighted by atomic mass is 10.0. The first-order chi connectivity index (χ1) is 10.8. The molecule has 0 bridgehead atoms. The maximum Gasteiger partial charge on any atom is 0.145 e. The largest absolute Gasteiger partial charge is 0.492 e. The lowest BCUT2D eigenvalue weighted by Gasteiger charge is -2.12. The lowest BCUT2D eigenvalue weighted by molar-refractivity contribution is 0.343. The Morgan fingerprint density at radius 3 is 2.64 bits per heavy atom. The van der Waals surface area contributed by atoms with E-state index in [0.29, 0.717) is 12.4 Å². The van der Waals surface area contributed by atoms with E-state index in [9.17, 15) is 0 Å². The number of hydrazine groups is 1. The Bertz CT molecular complexity index is 772. The number of para-hydroxylation sites is 1. The molecule has 0 spiro atoms. The molecule has 0 atom stereocenters. The Balaban J connectivity index is 2.07. The molecule has 2 aromatic carbocycles.